The van der Waals surface area contributed by atoms with E-state index in [1.807, 2.05) is 0 Å². The van der Waals surface area contributed by atoms with E-state index >= 15 is 0 Å². The standard InChI is InChI=1S/C17H22FNO2/c18-16-12-15(6-2-5-10-20)13-17(14-16)21-11-9-19-7-3-1-4-8-19/h12-14,20H,1,3-5,7-11H2. The molecular weight excluding hydrogens is 269 g/mol. The lowest BCUT2D eigenvalue weighted by atomic mass is 10.1. The van der Waals surface area contributed by atoms with Crippen LogP contribution in [-0.4, -0.2) is 42.9 Å². The van der Waals surface area contributed by atoms with E-state index in [0.717, 1.165) is 19.6 Å². The van der Waals surface area contributed by atoms with E-state index in [1.165, 1.54) is 31.4 Å². The molecule has 3 nitrogen and oxygen atoms in total. The Kier molecular flexibility index (Phi) is 6.52. The number of aliphatic hydroxyl groups is 1. The summed E-state index contributed by atoms with van der Waals surface area (Å²) < 4.78 is 19.1. The van der Waals surface area contributed by atoms with Crippen molar-refractivity contribution < 1.29 is 14.2 Å². The molecule has 0 spiro atoms. The van der Waals surface area contributed by atoms with Crippen LogP contribution in [0, 0.1) is 17.7 Å². The molecule has 4 heteroatoms. The van der Waals surface area contributed by atoms with Gasteiger partial charge in [0, 0.05) is 24.6 Å². The molecule has 21 heavy (non-hydrogen) atoms. The summed E-state index contributed by atoms with van der Waals surface area (Å²) in [6.07, 6.45) is 4.22. The molecular formula is C17H22FNO2. The van der Waals surface area contributed by atoms with Gasteiger partial charge in [-0.2, -0.15) is 0 Å². The molecule has 1 N–H and O–H groups in total. The molecule has 1 aromatic rings. The van der Waals surface area contributed by atoms with Gasteiger partial charge in [0.05, 0.1) is 6.61 Å². The third-order valence-electron chi connectivity index (χ3n) is 3.47. The third kappa shape index (κ3) is 5.74. The molecule has 2 rings (SSSR count). The van der Waals surface area contributed by atoms with Crippen molar-refractivity contribution in [3.05, 3.63) is 29.6 Å². The molecule has 0 radical (unpaired) electrons. The number of piperidine rings is 1. The molecule has 1 heterocycles. The summed E-state index contributed by atoms with van der Waals surface area (Å²) in [6, 6.07) is 4.50. The highest BCUT2D eigenvalue weighted by Crippen LogP contribution is 2.16. The molecule has 1 aromatic carbocycles. The largest absolute Gasteiger partial charge is 0.492 e. The van der Waals surface area contributed by atoms with E-state index in [4.69, 9.17) is 9.84 Å². The second-order valence-corrected chi connectivity index (χ2v) is 5.20. The first-order valence-corrected chi connectivity index (χ1v) is 7.53. The first kappa shape index (κ1) is 15.8. The number of nitrogens with zero attached hydrogens (tertiary/aromatic N) is 1. The summed E-state index contributed by atoms with van der Waals surface area (Å²) in [5, 5.41) is 8.69. The molecule has 0 bridgehead atoms. The van der Waals surface area contributed by atoms with E-state index < -0.39 is 0 Å². The van der Waals surface area contributed by atoms with E-state index in [9.17, 15) is 4.39 Å². The number of benzene rings is 1. The molecule has 0 unspecified atom stereocenters. The van der Waals surface area contributed by atoms with Gasteiger partial charge in [-0.15, -0.1) is 0 Å². The fraction of sp³-hybridized carbons (Fsp3) is 0.529. The topological polar surface area (TPSA) is 32.7 Å². The minimum absolute atomic E-state index is 0.0154. The van der Waals surface area contributed by atoms with Gasteiger partial charge in [0.2, 0.25) is 0 Å². The van der Waals surface area contributed by atoms with Crippen molar-refractivity contribution in [3.63, 3.8) is 0 Å². The van der Waals surface area contributed by atoms with E-state index in [-0.39, 0.29) is 12.4 Å². The van der Waals surface area contributed by atoms with E-state index in [1.54, 1.807) is 6.07 Å². The Morgan fingerprint density at radius 2 is 2.00 bits per heavy atom. The fourth-order valence-corrected chi connectivity index (χ4v) is 2.41. The Bertz CT molecular complexity index is 501. The maximum Gasteiger partial charge on any atom is 0.128 e. The average molecular weight is 291 g/mol. The van der Waals surface area contributed by atoms with Crippen molar-refractivity contribution in [2.24, 2.45) is 0 Å². The number of hydrogen-bond acceptors (Lipinski definition) is 3. The Hall–Kier alpha value is -1.57. The summed E-state index contributed by atoms with van der Waals surface area (Å²) in [4.78, 5) is 2.38. The summed E-state index contributed by atoms with van der Waals surface area (Å²) in [5.41, 5.74) is 0.580. The number of rotatable bonds is 5. The van der Waals surface area contributed by atoms with Crippen molar-refractivity contribution in [1.29, 1.82) is 0 Å². The summed E-state index contributed by atoms with van der Waals surface area (Å²) in [6.45, 7) is 3.71. The Balaban J connectivity index is 1.86. The lowest BCUT2D eigenvalue weighted by Crippen LogP contribution is -2.33. The van der Waals surface area contributed by atoms with Crippen molar-refractivity contribution in [3.8, 4) is 17.6 Å². The number of aliphatic hydroxyl groups excluding tert-OH is 1. The molecule has 0 amide bonds. The first-order valence-electron chi connectivity index (χ1n) is 7.53. The highest BCUT2D eigenvalue weighted by atomic mass is 19.1. The Labute approximate surface area is 125 Å². The summed E-state index contributed by atoms with van der Waals surface area (Å²) in [5.74, 6) is 5.78. The molecule has 0 saturated carbocycles. The van der Waals surface area contributed by atoms with Gasteiger partial charge in [0.15, 0.2) is 0 Å². The quantitative estimate of drug-likeness (QED) is 0.846. The second kappa shape index (κ2) is 8.66. The van der Waals surface area contributed by atoms with Crippen LogP contribution >= 0.6 is 0 Å². The van der Waals surface area contributed by atoms with Gasteiger partial charge in [-0.25, -0.2) is 4.39 Å². The number of halogens is 1. The zero-order chi connectivity index (χ0) is 14.9. The highest BCUT2D eigenvalue weighted by molar-refractivity contribution is 5.40. The van der Waals surface area contributed by atoms with Gasteiger partial charge in [0.1, 0.15) is 18.2 Å². The van der Waals surface area contributed by atoms with E-state index in [2.05, 4.69) is 16.7 Å². The Morgan fingerprint density at radius 3 is 2.76 bits per heavy atom. The van der Waals surface area contributed by atoms with Crippen LogP contribution in [0.25, 0.3) is 0 Å². The molecule has 1 fully saturated rings. The normalized spacial score (nSPS) is 15.3. The maximum absolute atomic E-state index is 13.5. The number of ether oxygens (including phenoxy) is 1. The molecule has 114 valence electrons. The highest BCUT2D eigenvalue weighted by Gasteiger charge is 2.09. The van der Waals surface area contributed by atoms with Gasteiger partial charge >= 0.3 is 0 Å². The van der Waals surface area contributed by atoms with Crippen molar-refractivity contribution in [2.45, 2.75) is 25.7 Å². The van der Waals surface area contributed by atoms with Crippen molar-refractivity contribution in [2.75, 3.05) is 32.8 Å². The molecule has 0 aromatic heterocycles. The zero-order valence-electron chi connectivity index (χ0n) is 12.3. The van der Waals surface area contributed by atoms with Crippen LogP contribution in [0.4, 0.5) is 4.39 Å². The SMILES string of the molecule is OCCC#Cc1cc(F)cc(OCCN2CCCCC2)c1. The van der Waals surface area contributed by atoms with Crippen LogP contribution < -0.4 is 4.74 Å². The van der Waals surface area contributed by atoms with Crippen LogP contribution in [0.15, 0.2) is 18.2 Å². The third-order valence-corrected chi connectivity index (χ3v) is 3.47. The summed E-state index contributed by atoms with van der Waals surface area (Å²) >= 11 is 0. The second-order valence-electron chi connectivity index (χ2n) is 5.20. The van der Waals surface area contributed by atoms with Crippen LogP contribution in [0.2, 0.25) is 0 Å². The fourth-order valence-electron chi connectivity index (χ4n) is 2.41. The summed E-state index contributed by atoms with van der Waals surface area (Å²) in [7, 11) is 0. The zero-order valence-corrected chi connectivity index (χ0v) is 12.3. The minimum Gasteiger partial charge on any atom is -0.492 e. The van der Waals surface area contributed by atoms with Gasteiger partial charge in [0.25, 0.3) is 0 Å². The molecule has 0 atom stereocenters. The predicted molar refractivity (Wildman–Crippen MR) is 80.8 cm³/mol. The monoisotopic (exact) mass is 291 g/mol. The molecule has 1 aliphatic rings. The van der Waals surface area contributed by atoms with Crippen molar-refractivity contribution in [1.82, 2.24) is 4.90 Å². The number of likely N-dealkylation sites (tertiary alicyclic amines) is 1. The lowest BCUT2D eigenvalue weighted by molar-refractivity contribution is 0.183. The molecule has 0 aliphatic carbocycles. The van der Waals surface area contributed by atoms with Gasteiger partial charge < -0.3 is 9.84 Å². The molecule has 1 aliphatic heterocycles. The van der Waals surface area contributed by atoms with Gasteiger partial charge in [-0.1, -0.05) is 18.3 Å². The van der Waals surface area contributed by atoms with Crippen LogP contribution in [0.3, 0.4) is 0 Å². The smallest absolute Gasteiger partial charge is 0.128 e. The van der Waals surface area contributed by atoms with Gasteiger partial charge in [-0.05, 0) is 38.1 Å². The lowest BCUT2D eigenvalue weighted by Gasteiger charge is -2.26. The average Bonchev–Trinajstić information content (AvgIpc) is 2.48. The number of hydrogen-bond donors (Lipinski definition) is 1. The van der Waals surface area contributed by atoms with Crippen LogP contribution in [0.5, 0.6) is 5.75 Å². The first-order chi connectivity index (χ1) is 10.3. The van der Waals surface area contributed by atoms with Crippen LogP contribution in [-0.2, 0) is 0 Å². The maximum atomic E-state index is 13.5. The predicted octanol–water partition coefficient (Wildman–Crippen LogP) is 2.42. The molecule has 1 saturated heterocycles. The Morgan fingerprint density at radius 1 is 1.19 bits per heavy atom. The minimum atomic E-state index is -0.348. The van der Waals surface area contributed by atoms with Crippen molar-refractivity contribution >= 4 is 0 Å². The van der Waals surface area contributed by atoms with E-state index in [0.29, 0.717) is 24.3 Å². The van der Waals surface area contributed by atoms with Crippen LogP contribution in [0.1, 0.15) is 31.2 Å². The van der Waals surface area contributed by atoms with Gasteiger partial charge in [-0.3, -0.25) is 4.90 Å².